The Kier molecular flexibility index (Phi) is 4.61. The van der Waals surface area contributed by atoms with Crippen molar-refractivity contribution in [2.75, 3.05) is 17.7 Å². The van der Waals surface area contributed by atoms with Crippen LogP contribution in [0.15, 0.2) is 29.6 Å². The molecule has 0 unspecified atom stereocenters. The number of aryl methyl sites for hydroxylation is 1. The van der Waals surface area contributed by atoms with Gasteiger partial charge in [0.25, 0.3) is 5.91 Å². The molecule has 0 spiro atoms. The van der Waals surface area contributed by atoms with Gasteiger partial charge in [0.15, 0.2) is 5.13 Å². The first-order valence-corrected chi connectivity index (χ1v) is 8.81. The number of rotatable bonds is 4. The molecule has 0 aliphatic rings. The number of nitrogens with one attached hydrogen (secondary N) is 2. The molecule has 0 saturated carbocycles. The van der Waals surface area contributed by atoms with Gasteiger partial charge in [-0.3, -0.25) is 10.1 Å². The number of nitrogens with zero attached hydrogens (tertiary/aromatic N) is 2. The van der Waals surface area contributed by atoms with Gasteiger partial charge >= 0.3 is 0 Å². The molecule has 23 heavy (non-hydrogen) atoms. The van der Waals surface area contributed by atoms with E-state index in [-0.39, 0.29) is 11.1 Å². The summed E-state index contributed by atoms with van der Waals surface area (Å²) in [6.45, 7) is 2.05. The van der Waals surface area contributed by atoms with E-state index in [2.05, 4.69) is 33.6 Å². The van der Waals surface area contributed by atoms with Crippen LogP contribution in [0.25, 0.3) is 10.6 Å². The highest BCUT2D eigenvalue weighted by Crippen LogP contribution is 2.30. The molecule has 1 amide bonds. The molecule has 0 fully saturated rings. The Morgan fingerprint density at radius 2 is 2.09 bits per heavy atom. The number of pyridine rings is 1. The molecule has 3 aromatic rings. The van der Waals surface area contributed by atoms with Gasteiger partial charge in [-0.25, -0.2) is 9.97 Å². The lowest BCUT2D eigenvalue weighted by Crippen LogP contribution is -2.12. The van der Waals surface area contributed by atoms with Gasteiger partial charge in [-0.05, 0) is 31.2 Å². The zero-order valence-corrected chi connectivity index (χ0v) is 14.8. The highest BCUT2D eigenvalue weighted by Gasteiger charge is 2.12. The van der Waals surface area contributed by atoms with E-state index in [4.69, 9.17) is 11.6 Å². The fraction of sp³-hybridized carbons (Fsp3) is 0.133. The summed E-state index contributed by atoms with van der Waals surface area (Å²) in [4.78, 5) is 23.1. The molecule has 0 radical (unpaired) electrons. The minimum Gasteiger partial charge on any atom is -0.373 e. The Hall–Kier alpha value is -1.96. The third kappa shape index (κ3) is 3.69. The summed E-state index contributed by atoms with van der Waals surface area (Å²) in [6.07, 6.45) is 0. The van der Waals surface area contributed by atoms with Crippen LogP contribution in [0.3, 0.4) is 0 Å². The van der Waals surface area contributed by atoms with Crippen molar-refractivity contribution in [1.29, 1.82) is 0 Å². The second kappa shape index (κ2) is 6.66. The van der Waals surface area contributed by atoms with Gasteiger partial charge in [0.1, 0.15) is 11.0 Å². The first-order chi connectivity index (χ1) is 11.0. The quantitative estimate of drug-likeness (QED) is 0.668. The van der Waals surface area contributed by atoms with Crippen molar-refractivity contribution in [2.45, 2.75) is 6.92 Å². The lowest BCUT2D eigenvalue weighted by molar-refractivity contribution is 0.102. The molecule has 0 saturated heterocycles. The molecule has 0 aromatic carbocycles. The summed E-state index contributed by atoms with van der Waals surface area (Å²) >= 11 is 8.98. The van der Waals surface area contributed by atoms with Crippen molar-refractivity contribution >= 4 is 51.1 Å². The summed E-state index contributed by atoms with van der Waals surface area (Å²) in [7, 11) is 1.72. The van der Waals surface area contributed by atoms with Gasteiger partial charge in [0.2, 0.25) is 0 Å². The lowest BCUT2D eigenvalue weighted by atomic mass is 10.2. The molecule has 8 heteroatoms. The molecule has 5 nitrogen and oxygen atoms in total. The minimum atomic E-state index is -0.269. The van der Waals surface area contributed by atoms with Crippen LogP contribution in [0.4, 0.5) is 10.9 Å². The van der Waals surface area contributed by atoms with Crippen molar-refractivity contribution < 1.29 is 4.79 Å². The molecule has 0 bridgehead atoms. The van der Waals surface area contributed by atoms with E-state index in [9.17, 15) is 4.79 Å². The fourth-order valence-corrected chi connectivity index (χ4v) is 3.76. The topological polar surface area (TPSA) is 66.9 Å². The van der Waals surface area contributed by atoms with Gasteiger partial charge in [0, 0.05) is 22.9 Å². The van der Waals surface area contributed by atoms with Crippen molar-refractivity contribution in [3.05, 3.63) is 45.2 Å². The second-order valence-corrected chi connectivity index (χ2v) is 7.25. The summed E-state index contributed by atoms with van der Waals surface area (Å²) < 4.78 is 0. The number of hydrogen-bond donors (Lipinski definition) is 2. The van der Waals surface area contributed by atoms with E-state index < -0.39 is 0 Å². The molecule has 118 valence electrons. The number of halogens is 1. The van der Waals surface area contributed by atoms with E-state index in [1.165, 1.54) is 22.3 Å². The van der Waals surface area contributed by atoms with Crippen LogP contribution < -0.4 is 10.6 Å². The first kappa shape index (κ1) is 15.9. The summed E-state index contributed by atoms with van der Waals surface area (Å²) in [5.41, 5.74) is 1.30. The zero-order chi connectivity index (χ0) is 16.4. The van der Waals surface area contributed by atoms with Crippen LogP contribution >= 0.6 is 34.3 Å². The van der Waals surface area contributed by atoms with Gasteiger partial charge < -0.3 is 5.32 Å². The Labute approximate surface area is 146 Å². The number of carbonyl (C=O) groups excluding carboxylic acids is 1. The Morgan fingerprint density at radius 1 is 1.26 bits per heavy atom. The average Bonchev–Trinajstić information content (AvgIpc) is 3.15. The molecular formula is C15H13ClN4OS2. The third-order valence-corrected chi connectivity index (χ3v) is 5.00. The summed E-state index contributed by atoms with van der Waals surface area (Å²) in [5, 5.41) is 8.40. The van der Waals surface area contributed by atoms with Gasteiger partial charge in [-0.2, -0.15) is 0 Å². The number of aromatic nitrogens is 2. The van der Waals surface area contributed by atoms with Gasteiger partial charge in [-0.1, -0.05) is 11.6 Å². The monoisotopic (exact) mass is 364 g/mol. The Bertz CT molecular complexity index is 859. The van der Waals surface area contributed by atoms with Crippen LogP contribution in [0.2, 0.25) is 5.15 Å². The molecule has 3 aromatic heterocycles. The summed E-state index contributed by atoms with van der Waals surface area (Å²) in [6, 6.07) is 7.24. The number of anilines is 2. The second-order valence-electron chi connectivity index (χ2n) is 4.72. The predicted octanol–water partition coefficient (Wildman–Crippen LogP) is 4.52. The average molecular weight is 365 g/mol. The van der Waals surface area contributed by atoms with Gasteiger partial charge in [0.05, 0.1) is 10.6 Å². The van der Waals surface area contributed by atoms with Gasteiger partial charge in [-0.15, -0.1) is 22.7 Å². The number of carbonyl (C=O) groups is 1. The molecule has 0 aliphatic carbocycles. The van der Waals surface area contributed by atoms with Crippen LogP contribution in [0.1, 0.15) is 15.2 Å². The Morgan fingerprint density at radius 3 is 2.78 bits per heavy atom. The number of amides is 1. The maximum atomic E-state index is 12.3. The van der Waals surface area contributed by atoms with Crippen LogP contribution in [0, 0.1) is 6.92 Å². The molecule has 3 rings (SSSR count). The van der Waals surface area contributed by atoms with Crippen molar-refractivity contribution in [2.24, 2.45) is 0 Å². The first-order valence-electron chi connectivity index (χ1n) is 6.74. The third-order valence-electron chi connectivity index (χ3n) is 3.03. The highest BCUT2D eigenvalue weighted by molar-refractivity contribution is 7.17. The van der Waals surface area contributed by atoms with Crippen molar-refractivity contribution in [1.82, 2.24) is 9.97 Å². The largest absolute Gasteiger partial charge is 0.373 e. The number of thiophene rings is 1. The maximum absolute atomic E-state index is 12.3. The molecule has 0 aliphatic heterocycles. The lowest BCUT2D eigenvalue weighted by Gasteiger charge is -2.05. The minimum absolute atomic E-state index is 0.260. The van der Waals surface area contributed by atoms with Crippen LogP contribution in [-0.4, -0.2) is 22.9 Å². The fourth-order valence-electron chi connectivity index (χ4n) is 1.94. The number of hydrogen-bond acceptors (Lipinski definition) is 6. The normalized spacial score (nSPS) is 10.6. The standard InChI is InChI=1S/C15H13ClN4OS2/c1-8-3-4-11(23-8)10-7-22-15(18-10)20-14(21)9-5-12(16)19-13(6-9)17-2/h3-7H,1-2H3,(H,17,19)(H,18,20,21). The summed E-state index contributed by atoms with van der Waals surface area (Å²) in [5.74, 6) is 0.269. The highest BCUT2D eigenvalue weighted by atomic mass is 35.5. The SMILES string of the molecule is CNc1cc(C(=O)Nc2nc(-c3ccc(C)s3)cs2)cc(Cl)n1. The van der Waals surface area contributed by atoms with E-state index in [1.54, 1.807) is 24.5 Å². The van der Waals surface area contributed by atoms with E-state index in [1.807, 2.05) is 11.4 Å². The molecule has 3 heterocycles. The predicted molar refractivity (Wildman–Crippen MR) is 96.9 cm³/mol. The number of thiazole rings is 1. The van der Waals surface area contributed by atoms with Crippen LogP contribution in [-0.2, 0) is 0 Å². The smallest absolute Gasteiger partial charge is 0.257 e. The van der Waals surface area contributed by atoms with E-state index in [0.29, 0.717) is 16.5 Å². The van der Waals surface area contributed by atoms with Crippen molar-refractivity contribution in [3.8, 4) is 10.6 Å². The maximum Gasteiger partial charge on any atom is 0.257 e. The zero-order valence-electron chi connectivity index (χ0n) is 12.4. The van der Waals surface area contributed by atoms with Crippen molar-refractivity contribution in [3.63, 3.8) is 0 Å². The van der Waals surface area contributed by atoms with E-state index >= 15 is 0 Å². The molecular weight excluding hydrogens is 352 g/mol. The van der Waals surface area contributed by atoms with E-state index in [0.717, 1.165) is 10.6 Å². The molecule has 2 N–H and O–H groups in total. The molecule has 0 atom stereocenters. The Balaban J connectivity index is 1.78. The van der Waals surface area contributed by atoms with Crippen LogP contribution in [0.5, 0.6) is 0 Å².